The summed E-state index contributed by atoms with van der Waals surface area (Å²) in [5, 5.41) is 14.5. The number of benzene rings is 1. The van der Waals surface area contributed by atoms with Crippen LogP contribution in [-0.2, 0) is 23.2 Å². The molecule has 1 aliphatic heterocycles. The summed E-state index contributed by atoms with van der Waals surface area (Å²) >= 11 is 1.58. The van der Waals surface area contributed by atoms with Crippen molar-refractivity contribution in [1.82, 2.24) is 40.1 Å². The van der Waals surface area contributed by atoms with Crippen LogP contribution in [0.2, 0.25) is 0 Å². The predicted molar refractivity (Wildman–Crippen MR) is 159 cm³/mol. The van der Waals surface area contributed by atoms with E-state index in [9.17, 15) is 23.2 Å². The zero-order chi connectivity index (χ0) is 31.1. The maximum absolute atomic E-state index is 13.6. The Hall–Kier alpha value is -3.81. The summed E-state index contributed by atoms with van der Waals surface area (Å²) in [6.45, 7) is 4.50. The number of nitrogens with zero attached hydrogens (tertiary/aromatic N) is 6. The lowest BCUT2D eigenvalue weighted by Gasteiger charge is -2.28. The average Bonchev–Trinajstić information content (AvgIpc) is 3.59. The maximum Gasteiger partial charge on any atom is 0.282 e. The number of rotatable bonds is 7. The van der Waals surface area contributed by atoms with Gasteiger partial charge < -0.3 is 15.5 Å². The van der Waals surface area contributed by atoms with E-state index in [1.54, 1.807) is 16.4 Å². The van der Waals surface area contributed by atoms with E-state index < -0.39 is 30.1 Å². The fraction of sp³-hybridized carbons (Fsp3) is 0.517. The molecule has 0 spiro atoms. The van der Waals surface area contributed by atoms with Crippen LogP contribution in [0.3, 0.4) is 0 Å². The summed E-state index contributed by atoms with van der Waals surface area (Å²) in [7, 11) is 1.45. The van der Waals surface area contributed by atoms with E-state index in [0.717, 1.165) is 16.3 Å². The molecule has 1 aromatic carbocycles. The first-order valence-electron chi connectivity index (χ1n) is 14.3. The topological polar surface area (TPSA) is 127 Å². The van der Waals surface area contributed by atoms with Crippen molar-refractivity contribution in [2.75, 3.05) is 25.1 Å². The summed E-state index contributed by atoms with van der Waals surface area (Å²) in [6, 6.07) is 9.26. The molecule has 3 heterocycles. The normalized spacial score (nSPS) is 18.7. The fourth-order valence-corrected chi connectivity index (χ4v) is 5.40. The summed E-state index contributed by atoms with van der Waals surface area (Å²) in [6.07, 6.45) is -0.0379. The highest BCUT2D eigenvalue weighted by atomic mass is 32.2. The van der Waals surface area contributed by atoms with Crippen LogP contribution in [0.5, 0.6) is 0 Å². The molecule has 0 saturated carbocycles. The van der Waals surface area contributed by atoms with Gasteiger partial charge in [0.1, 0.15) is 17.4 Å². The molecular weight excluding hydrogens is 578 g/mol. The largest absolute Gasteiger partial charge is 0.344 e. The minimum absolute atomic E-state index is 0.0223. The summed E-state index contributed by atoms with van der Waals surface area (Å²) in [5.41, 5.74) is 0.334. The number of fused-ring (bicyclic) bond motifs is 1. The van der Waals surface area contributed by atoms with Crippen molar-refractivity contribution in [2.45, 2.75) is 58.2 Å². The Morgan fingerprint density at radius 1 is 1.09 bits per heavy atom. The number of thioether (sulfide) groups is 1. The third kappa shape index (κ3) is 7.98. The molecule has 14 heteroatoms. The van der Waals surface area contributed by atoms with E-state index in [1.165, 1.54) is 11.9 Å². The second-order valence-electron chi connectivity index (χ2n) is 10.8. The smallest absolute Gasteiger partial charge is 0.282 e. The van der Waals surface area contributed by atoms with Crippen molar-refractivity contribution in [3.05, 3.63) is 53.6 Å². The lowest BCUT2D eigenvalue weighted by Crippen LogP contribution is -2.49. The Bertz CT molecular complexity index is 1410. The number of nitrogens with one attached hydrogen (secondary N) is 2. The molecule has 232 valence electrons. The van der Waals surface area contributed by atoms with Crippen LogP contribution in [0.1, 0.15) is 67.6 Å². The summed E-state index contributed by atoms with van der Waals surface area (Å²) in [4.78, 5) is 46.4. The molecule has 11 nitrogen and oxygen atoms in total. The lowest BCUT2D eigenvalue weighted by molar-refractivity contribution is -0.129. The van der Waals surface area contributed by atoms with Gasteiger partial charge >= 0.3 is 0 Å². The van der Waals surface area contributed by atoms with Crippen LogP contribution in [-0.4, -0.2) is 78.3 Å². The maximum atomic E-state index is 13.6. The minimum atomic E-state index is -2.81. The number of amides is 3. The zero-order valence-corrected chi connectivity index (χ0v) is 25.6. The van der Waals surface area contributed by atoms with Gasteiger partial charge in [-0.05, 0) is 36.8 Å². The molecule has 1 aliphatic rings. The van der Waals surface area contributed by atoms with Crippen LogP contribution in [0.4, 0.5) is 8.78 Å². The van der Waals surface area contributed by atoms with Crippen LogP contribution >= 0.6 is 11.8 Å². The summed E-state index contributed by atoms with van der Waals surface area (Å²) in [5.74, 6) is 0.497. The molecular formula is C29H38F2N8O3S. The Kier molecular flexibility index (Phi) is 10.9. The molecule has 3 aromatic rings. The second kappa shape index (κ2) is 14.6. The fourth-order valence-electron chi connectivity index (χ4n) is 4.93. The van der Waals surface area contributed by atoms with Gasteiger partial charge in [-0.15, -0.1) is 0 Å². The van der Waals surface area contributed by atoms with Crippen molar-refractivity contribution < 1.29 is 23.2 Å². The van der Waals surface area contributed by atoms with Gasteiger partial charge in [-0.25, -0.2) is 18.4 Å². The van der Waals surface area contributed by atoms with Gasteiger partial charge in [0.25, 0.3) is 12.3 Å². The predicted octanol–water partition coefficient (Wildman–Crippen LogP) is 3.60. The van der Waals surface area contributed by atoms with Gasteiger partial charge in [-0.1, -0.05) is 44.2 Å². The third-order valence-corrected chi connectivity index (χ3v) is 7.92. The Labute approximate surface area is 253 Å². The molecule has 43 heavy (non-hydrogen) atoms. The van der Waals surface area contributed by atoms with Crippen molar-refractivity contribution in [1.29, 1.82) is 0 Å². The van der Waals surface area contributed by atoms with Gasteiger partial charge in [0.05, 0.1) is 12.6 Å². The monoisotopic (exact) mass is 616 g/mol. The van der Waals surface area contributed by atoms with E-state index in [-0.39, 0.29) is 49.5 Å². The average molecular weight is 617 g/mol. The molecule has 0 saturated heterocycles. The highest BCUT2D eigenvalue weighted by Gasteiger charge is 2.31. The van der Waals surface area contributed by atoms with Crippen LogP contribution < -0.4 is 10.6 Å². The zero-order valence-electron chi connectivity index (χ0n) is 24.8. The number of alkyl halides is 2. The third-order valence-electron chi connectivity index (χ3n) is 7.28. The minimum Gasteiger partial charge on any atom is -0.344 e. The number of carbonyl (C=O) groups is 3. The molecule has 0 aliphatic carbocycles. The quantitative estimate of drug-likeness (QED) is 0.415. The Morgan fingerprint density at radius 3 is 2.49 bits per heavy atom. The van der Waals surface area contributed by atoms with Gasteiger partial charge in [0.2, 0.25) is 11.8 Å². The molecule has 3 amide bonds. The first-order chi connectivity index (χ1) is 20.6. The van der Waals surface area contributed by atoms with Crippen LogP contribution in [0, 0.1) is 5.92 Å². The van der Waals surface area contributed by atoms with E-state index >= 15 is 0 Å². The number of carbonyl (C=O) groups excluding carboxylic acids is 3. The number of aromatic nitrogens is 5. The number of halogens is 2. The van der Waals surface area contributed by atoms with Gasteiger partial charge in [0.15, 0.2) is 11.6 Å². The molecule has 0 bridgehead atoms. The van der Waals surface area contributed by atoms with Crippen LogP contribution in [0.25, 0.3) is 11.4 Å². The standard InChI is InChI=1S/C29H38F2N8O3S/c1-18(2)24-27-34-26(19-9-6-5-7-10-19)36-39(27)15-14-38(29(42)22-17-21(25(30)31)35-37(22)3)13-8-11-23(40)32-20(12-16-43-4)28(41)33-24/h5-7,9-10,17-18,20,24-25H,8,11-16H2,1-4H3,(H,32,40)(H,33,41)/t20-,24+/m0/s1. The number of hydrogen-bond acceptors (Lipinski definition) is 7. The van der Waals surface area contributed by atoms with Gasteiger partial charge in [-0.2, -0.15) is 22.0 Å². The van der Waals surface area contributed by atoms with E-state index in [0.29, 0.717) is 30.2 Å². The van der Waals surface area contributed by atoms with E-state index in [1.807, 2.05) is 50.4 Å². The van der Waals surface area contributed by atoms with Crippen molar-refractivity contribution in [2.24, 2.45) is 13.0 Å². The van der Waals surface area contributed by atoms with Crippen LogP contribution in [0.15, 0.2) is 36.4 Å². The molecule has 0 radical (unpaired) electrons. The van der Waals surface area contributed by atoms with Crippen molar-refractivity contribution >= 4 is 29.5 Å². The number of hydrogen-bond donors (Lipinski definition) is 2. The Morgan fingerprint density at radius 2 is 1.84 bits per heavy atom. The molecule has 4 rings (SSSR count). The van der Waals surface area contributed by atoms with Gasteiger partial charge in [0, 0.05) is 32.1 Å². The summed E-state index contributed by atoms with van der Waals surface area (Å²) < 4.78 is 29.5. The van der Waals surface area contributed by atoms with E-state index in [2.05, 4.69) is 15.7 Å². The first kappa shape index (κ1) is 32.1. The van der Waals surface area contributed by atoms with Gasteiger partial charge in [-0.3, -0.25) is 19.1 Å². The lowest BCUT2D eigenvalue weighted by atomic mass is 10.0. The molecule has 0 unspecified atom stereocenters. The van der Waals surface area contributed by atoms with Crippen molar-refractivity contribution in [3.63, 3.8) is 0 Å². The molecule has 2 aromatic heterocycles. The molecule has 2 atom stereocenters. The highest BCUT2D eigenvalue weighted by Crippen LogP contribution is 2.25. The van der Waals surface area contributed by atoms with E-state index in [4.69, 9.17) is 10.1 Å². The van der Waals surface area contributed by atoms with Crippen molar-refractivity contribution in [3.8, 4) is 11.4 Å². The number of aryl methyl sites for hydroxylation is 1. The molecule has 0 fully saturated rings. The first-order valence-corrected chi connectivity index (χ1v) is 15.7. The SMILES string of the molecule is CSCC[C@@H]1NC(=O)CCCN(C(=O)c2cc(C(F)F)nn2C)CCn2nc(-c3ccccc3)nc2[C@@H](C(C)C)NC1=O. The molecule has 2 N–H and O–H groups in total. The highest BCUT2D eigenvalue weighted by molar-refractivity contribution is 7.98. The second-order valence-corrected chi connectivity index (χ2v) is 11.8. The Balaban J connectivity index is 1.74.